The van der Waals surface area contributed by atoms with Gasteiger partial charge in [-0.3, -0.25) is 0 Å². The molecule has 0 fully saturated rings. The fraction of sp³-hybridized carbons (Fsp3) is 0.0769. The molecule has 0 amide bonds. The lowest BCUT2D eigenvalue weighted by molar-refractivity contribution is 0.0471. The van der Waals surface area contributed by atoms with Gasteiger partial charge in [0.1, 0.15) is 11.8 Å². The van der Waals surface area contributed by atoms with E-state index < -0.39 is 17.6 Å². The fourth-order valence-electron chi connectivity index (χ4n) is 1.35. The number of benzene rings is 1. The van der Waals surface area contributed by atoms with Gasteiger partial charge in [-0.1, -0.05) is 17.7 Å². The number of hydrogen-bond acceptors (Lipinski definition) is 3. The number of pyridine rings is 1. The Bertz CT molecular complexity index is 602. The van der Waals surface area contributed by atoms with Crippen LogP contribution in [0.25, 0.3) is 0 Å². The summed E-state index contributed by atoms with van der Waals surface area (Å²) in [7, 11) is 0. The van der Waals surface area contributed by atoms with Crippen LogP contribution in [0.3, 0.4) is 0 Å². The Hall–Kier alpha value is -2.01. The summed E-state index contributed by atoms with van der Waals surface area (Å²) in [4.78, 5) is 15.4. The van der Waals surface area contributed by atoms with Gasteiger partial charge in [-0.05, 0) is 24.3 Å². The molecule has 0 unspecified atom stereocenters. The molecule has 0 aliphatic heterocycles. The molecule has 0 aliphatic rings. The van der Waals surface area contributed by atoms with Crippen molar-refractivity contribution in [2.45, 2.75) is 6.61 Å². The Labute approximate surface area is 112 Å². The average Bonchev–Trinajstić information content (AvgIpc) is 2.41. The van der Waals surface area contributed by atoms with E-state index in [0.717, 1.165) is 18.2 Å². The van der Waals surface area contributed by atoms with Gasteiger partial charge in [0.25, 0.3) is 0 Å². The number of esters is 1. The first-order chi connectivity index (χ1) is 9.06. The molecule has 0 spiro atoms. The predicted molar refractivity (Wildman–Crippen MR) is 64.7 cm³/mol. The lowest BCUT2D eigenvalue weighted by atomic mass is 10.2. The second-order valence-electron chi connectivity index (χ2n) is 3.69. The summed E-state index contributed by atoms with van der Waals surface area (Å²) in [5, 5.41) is 0.329. The van der Waals surface area contributed by atoms with E-state index in [0.29, 0.717) is 10.7 Å². The van der Waals surface area contributed by atoms with Crippen LogP contribution in [0.2, 0.25) is 5.15 Å². The molecule has 3 nitrogen and oxygen atoms in total. The maximum absolute atomic E-state index is 12.9. The van der Waals surface area contributed by atoms with Crippen molar-refractivity contribution in [3.63, 3.8) is 0 Å². The zero-order valence-corrected chi connectivity index (χ0v) is 10.3. The highest BCUT2D eigenvalue weighted by Gasteiger charge is 2.11. The molecule has 0 atom stereocenters. The third kappa shape index (κ3) is 3.48. The maximum Gasteiger partial charge on any atom is 0.338 e. The van der Waals surface area contributed by atoms with Crippen LogP contribution >= 0.6 is 11.6 Å². The fourth-order valence-corrected chi connectivity index (χ4v) is 1.46. The second-order valence-corrected chi connectivity index (χ2v) is 4.08. The van der Waals surface area contributed by atoms with E-state index in [9.17, 15) is 13.6 Å². The Morgan fingerprint density at radius 1 is 1.21 bits per heavy atom. The molecule has 19 heavy (non-hydrogen) atoms. The van der Waals surface area contributed by atoms with E-state index in [2.05, 4.69) is 4.98 Å². The van der Waals surface area contributed by atoms with Crippen molar-refractivity contribution in [2.75, 3.05) is 0 Å². The number of hydrogen-bond donors (Lipinski definition) is 0. The molecule has 1 heterocycles. The molecule has 0 saturated heterocycles. The Morgan fingerprint density at radius 3 is 2.63 bits per heavy atom. The molecule has 0 aliphatic carbocycles. The van der Waals surface area contributed by atoms with Crippen LogP contribution in [0, 0.1) is 11.6 Å². The monoisotopic (exact) mass is 283 g/mol. The van der Waals surface area contributed by atoms with Gasteiger partial charge in [-0.15, -0.1) is 0 Å². The molecule has 6 heteroatoms. The first-order valence-electron chi connectivity index (χ1n) is 5.29. The van der Waals surface area contributed by atoms with Gasteiger partial charge < -0.3 is 4.74 Å². The zero-order valence-electron chi connectivity index (χ0n) is 9.57. The summed E-state index contributed by atoms with van der Waals surface area (Å²) in [6, 6.07) is 6.02. The minimum absolute atomic E-state index is 0.0258. The topological polar surface area (TPSA) is 39.2 Å². The summed E-state index contributed by atoms with van der Waals surface area (Å²) >= 11 is 5.61. The summed E-state index contributed by atoms with van der Waals surface area (Å²) in [6.45, 7) is -0.0258. The standard InChI is InChI=1S/C13H8ClF2NO2/c14-12-4-1-8(6-17-12)7-19-13(18)9-2-3-10(15)11(16)5-9/h1-6H,7H2. The molecule has 2 aromatic rings. The van der Waals surface area contributed by atoms with Gasteiger partial charge in [-0.2, -0.15) is 0 Å². The largest absolute Gasteiger partial charge is 0.457 e. The molecule has 0 bridgehead atoms. The van der Waals surface area contributed by atoms with Crippen molar-refractivity contribution in [1.82, 2.24) is 4.98 Å². The molecule has 1 aromatic carbocycles. The quantitative estimate of drug-likeness (QED) is 0.640. The lowest BCUT2D eigenvalue weighted by Crippen LogP contribution is -2.06. The van der Waals surface area contributed by atoms with Gasteiger partial charge in [0.05, 0.1) is 5.56 Å². The van der Waals surface area contributed by atoms with Gasteiger partial charge in [0.2, 0.25) is 0 Å². The first-order valence-corrected chi connectivity index (χ1v) is 5.66. The third-order valence-corrected chi connectivity index (χ3v) is 2.54. The van der Waals surface area contributed by atoms with Crippen molar-refractivity contribution in [3.8, 4) is 0 Å². The van der Waals surface area contributed by atoms with Crippen LogP contribution in [0.15, 0.2) is 36.5 Å². The Balaban J connectivity index is 2.01. The number of carbonyl (C=O) groups excluding carboxylic acids is 1. The van der Waals surface area contributed by atoms with Crippen molar-refractivity contribution in [2.24, 2.45) is 0 Å². The molecule has 2 rings (SSSR count). The Kier molecular flexibility index (Phi) is 4.06. The van der Waals surface area contributed by atoms with E-state index in [1.54, 1.807) is 12.1 Å². The van der Waals surface area contributed by atoms with Crippen molar-refractivity contribution < 1.29 is 18.3 Å². The lowest BCUT2D eigenvalue weighted by Gasteiger charge is -2.05. The van der Waals surface area contributed by atoms with E-state index in [4.69, 9.17) is 16.3 Å². The first kappa shape index (κ1) is 13.4. The molecular formula is C13H8ClF2NO2. The SMILES string of the molecule is O=C(OCc1ccc(Cl)nc1)c1ccc(F)c(F)c1. The van der Waals surface area contributed by atoms with Crippen molar-refractivity contribution >= 4 is 17.6 Å². The number of aromatic nitrogens is 1. The highest BCUT2D eigenvalue weighted by Crippen LogP contribution is 2.11. The zero-order chi connectivity index (χ0) is 13.8. The second kappa shape index (κ2) is 5.75. The summed E-state index contributed by atoms with van der Waals surface area (Å²) < 4.78 is 30.6. The molecule has 98 valence electrons. The van der Waals surface area contributed by atoms with Crippen LogP contribution in [0.1, 0.15) is 15.9 Å². The van der Waals surface area contributed by atoms with Crippen LogP contribution < -0.4 is 0 Å². The van der Waals surface area contributed by atoms with Crippen molar-refractivity contribution in [3.05, 3.63) is 64.4 Å². The third-order valence-electron chi connectivity index (χ3n) is 2.31. The van der Waals surface area contributed by atoms with Gasteiger partial charge in [0, 0.05) is 11.8 Å². The minimum Gasteiger partial charge on any atom is -0.457 e. The number of halogens is 3. The Morgan fingerprint density at radius 2 is 2.00 bits per heavy atom. The number of carbonyl (C=O) groups is 1. The van der Waals surface area contributed by atoms with Crippen LogP contribution in [-0.4, -0.2) is 11.0 Å². The molecule has 1 aromatic heterocycles. The number of nitrogens with zero attached hydrogens (tertiary/aromatic N) is 1. The van der Waals surface area contributed by atoms with Gasteiger partial charge >= 0.3 is 5.97 Å². The summed E-state index contributed by atoms with van der Waals surface area (Å²) in [6.07, 6.45) is 1.46. The van der Waals surface area contributed by atoms with Crippen molar-refractivity contribution in [1.29, 1.82) is 0 Å². The van der Waals surface area contributed by atoms with E-state index in [-0.39, 0.29) is 12.2 Å². The predicted octanol–water partition coefficient (Wildman–Crippen LogP) is 3.37. The summed E-state index contributed by atoms with van der Waals surface area (Å²) in [5.74, 6) is -2.85. The smallest absolute Gasteiger partial charge is 0.338 e. The minimum atomic E-state index is -1.09. The van der Waals surface area contributed by atoms with E-state index in [1.807, 2.05) is 0 Å². The van der Waals surface area contributed by atoms with Crippen LogP contribution in [0.5, 0.6) is 0 Å². The van der Waals surface area contributed by atoms with E-state index in [1.165, 1.54) is 6.20 Å². The number of rotatable bonds is 3. The van der Waals surface area contributed by atoms with Gasteiger partial charge in [-0.25, -0.2) is 18.6 Å². The highest BCUT2D eigenvalue weighted by atomic mass is 35.5. The van der Waals surface area contributed by atoms with Gasteiger partial charge in [0.15, 0.2) is 11.6 Å². The molecular weight excluding hydrogens is 276 g/mol. The maximum atomic E-state index is 12.9. The summed E-state index contributed by atoms with van der Waals surface area (Å²) in [5.41, 5.74) is 0.584. The average molecular weight is 284 g/mol. The molecule has 0 N–H and O–H groups in total. The van der Waals surface area contributed by atoms with E-state index >= 15 is 0 Å². The highest BCUT2D eigenvalue weighted by molar-refractivity contribution is 6.29. The van der Waals surface area contributed by atoms with Crippen LogP contribution in [0.4, 0.5) is 8.78 Å². The van der Waals surface area contributed by atoms with Crippen LogP contribution in [-0.2, 0) is 11.3 Å². The molecule has 0 saturated carbocycles. The molecule has 0 radical (unpaired) electrons. The normalized spacial score (nSPS) is 10.3. The number of ether oxygens (including phenoxy) is 1.